The van der Waals surface area contributed by atoms with Crippen molar-refractivity contribution in [2.45, 2.75) is 38.4 Å². The van der Waals surface area contributed by atoms with Gasteiger partial charge in [0.25, 0.3) is 0 Å². The van der Waals surface area contributed by atoms with Gasteiger partial charge in [0.2, 0.25) is 5.89 Å². The van der Waals surface area contributed by atoms with E-state index in [4.69, 9.17) is 14.0 Å². The summed E-state index contributed by atoms with van der Waals surface area (Å²) in [6, 6.07) is 7.58. The third-order valence-corrected chi connectivity index (χ3v) is 4.34. The van der Waals surface area contributed by atoms with Gasteiger partial charge in [-0.05, 0) is 31.2 Å². The second kappa shape index (κ2) is 7.73. The van der Waals surface area contributed by atoms with E-state index in [2.05, 4.69) is 37.8 Å². The zero-order chi connectivity index (χ0) is 16.9. The molecule has 1 aromatic carbocycles. The zero-order valence-electron chi connectivity index (χ0n) is 14.3. The van der Waals surface area contributed by atoms with Gasteiger partial charge in [-0.2, -0.15) is 4.98 Å². The lowest BCUT2D eigenvalue weighted by molar-refractivity contribution is 0.341. The summed E-state index contributed by atoms with van der Waals surface area (Å²) in [5.74, 6) is 3.93. The molecule has 0 aliphatic carbocycles. The molecule has 0 saturated carbocycles. The van der Waals surface area contributed by atoms with Crippen molar-refractivity contribution in [1.29, 1.82) is 0 Å². The molecule has 6 heteroatoms. The van der Waals surface area contributed by atoms with Crippen LogP contribution in [0.3, 0.4) is 0 Å². The normalized spacial score (nSPS) is 12.9. The molecule has 0 spiro atoms. The van der Waals surface area contributed by atoms with E-state index < -0.39 is 0 Å². The molecule has 0 amide bonds. The Hall–Kier alpha value is -1.69. The van der Waals surface area contributed by atoms with Gasteiger partial charge in [0.1, 0.15) is 11.5 Å². The molecule has 1 heterocycles. The first-order chi connectivity index (χ1) is 10.9. The van der Waals surface area contributed by atoms with Crippen LogP contribution in [0.1, 0.15) is 44.7 Å². The monoisotopic (exact) mass is 336 g/mol. The Morgan fingerprint density at radius 2 is 1.83 bits per heavy atom. The number of aromatic nitrogens is 2. The van der Waals surface area contributed by atoms with Crippen LogP contribution in [-0.4, -0.2) is 29.6 Å². The quantitative estimate of drug-likeness (QED) is 0.705. The van der Waals surface area contributed by atoms with E-state index in [1.54, 1.807) is 18.9 Å². The van der Waals surface area contributed by atoms with E-state index in [0.717, 1.165) is 23.1 Å². The van der Waals surface area contributed by atoms with Crippen LogP contribution in [-0.2, 0) is 5.41 Å². The van der Waals surface area contributed by atoms with Crippen LogP contribution < -0.4 is 9.47 Å². The number of hydrogen-bond acceptors (Lipinski definition) is 6. The van der Waals surface area contributed by atoms with Gasteiger partial charge in [0.05, 0.1) is 19.0 Å². The summed E-state index contributed by atoms with van der Waals surface area (Å²) < 4.78 is 16.2. The number of methoxy groups -OCH3 is 1. The van der Waals surface area contributed by atoms with Gasteiger partial charge in [-0.25, -0.2) is 0 Å². The number of benzene rings is 1. The third kappa shape index (κ3) is 5.16. The predicted octanol–water partition coefficient (Wildman–Crippen LogP) is 4.25. The Bertz CT molecular complexity index is 605. The van der Waals surface area contributed by atoms with Crippen molar-refractivity contribution in [3.05, 3.63) is 36.0 Å². The summed E-state index contributed by atoms with van der Waals surface area (Å²) >= 11 is 1.73. The first-order valence-electron chi connectivity index (χ1n) is 7.62. The van der Waals surface area contributed by atoms with Gasteiger partial charge in [0.15, 0.2) is 5.82 Å². The van der Waals surface area contributed by atoms with Gasteiger partial charge >= 0.3 is 0 Å². The molecule has 2 rings (SSSR count). The van der Waals surface area contributed by atoms with Gasteiger partial charge in [-0.15, -0.1) is 11.8 Å². The van der Waals surface area contributed by atoms with Crippen molar-refractivity contribution in [2.75, 3.05) is 19.5 Å². The standard InChI is InChI=1S/C17H24N2O3S/c1-12(15-18-16(19-22-15)17(2,3)4)23-11-10-21-14-8-6-13(20-5)7-9-14/h6-9,12H,10-11H2,1-5H3. The van der Waals surface area contributed by atoms with Gasteiger partial charge in [0, 0.05) is 11.2 Å². The summed E-state index contributed by atoms with van der Waals surface area (Å²) in [5, 5.41) is 4.21. The molecule has 23 heavy (non-hydrogen) atoms. The summed E-state index contributed by atoms with van der Waals surface area (Å²) in [5.41, 5.74) is -0.0936. The van der Waals surface area contributed by atoms with Gasteiger partial charge in [-0.1, -0.05) is 25.9 Å². The fourth-order valence-electron chi connectivity index (χ4n) is 1.83. The highest BCUT2D eigenvalue weighted by Crippen LogP contribution is 2.29. The average molecular weight is 336 g/mol. The minimum Gasteiger partial charge on any atom is -0.497 e. The van der Waals surface area contributed by atoms with Crippen LogP contribution in [0.2, 0.25) is 0 Å². The second-order valence-corrected chi connectivity index (χ2v) is 7.69. The summed E-state index contributed by atoms with van der Waals surface area (Å²) in [6.07, 6.45) is 0. The molecule has 0 aliphatic rings. The fourth-order valence-corrected chi connectivity index (χ4v) is 2.60. The Balaban J connectivity index is 1.76. The number of ether oxygens (including phenoxy) is 2. The van der Waals surface area contributed by atoms with Crippen LogP contribution in [0.25, 0.3) is 0 Å². The fraction of sp³-hybridized carbons (Fsp3) is 0.529. The average Bonchev–Trinajstić information content (AvgIpc) is 3.02. The minimum absolute atomic E-state index is 0.0936. The molecule has 0 aliphatic heterocycles. The second-order valence-electron chi connectivity index (χ2n) is 6.24. The van der Waals surface area contributed by atoms with E-state index in [1.165, 1.54) is 0 Å². The van der Waals surface area contributed by atoms with Crippen molar-refractivity contribution in [3.63, 3.8) is 0 Å². The molecule has 1 aromatic heterocycles. The molecule has 0 bridgehead atoms. The third-order valence-electron chi connectivity index (χ3n) is 3.24. The van der Waals surface area contributed by atoms with Crippen LogP contribution in [0.15, 0.2) is 28.8 Å². The smallest absolute Gasteiger partial charge is 0.239 e. The van der Waals surface area contributed by atoms with Crippen molar-refractivity contribution < 1.29 is 14.0 Å². The van der Waals surface area contributed by atoms with E-state index in [1.807, 2.05) is 24.3 Å². The number of rotatable bonds is 7. The minimum atomic E-state index is -0.0936. The van der Waals surface area contributed by atoms with Crippen molar-refractivity contribution in [2.24, 2.45) is 0 Å². The molecular formula is C17H24N2O3S. The number of thioether (sulfide) groups is 1. The van der Waals surface area contributed by atoms with E-state index in [-0.39, 0.29) is 10.7 Å². The SMILES string of the molecule is COc1ccc(OCCSC(C)c2nc(C(C)(C)C)no2)cc1. The zero-order valence-corrected chi connectivity index (χ0v) is 15.1. The predicted molar refractivity (Wildman–Crippen MR) is 92.4 cm³/mol. The topological polar surface area (TPSA) is 57.4 Å². The molecule has 5 nitrogen and oxygen atoms in total. The first kappa shape index (κ1) is 17.7. The number of nitrogens with zero attached hydrogens (tertiary/aromatic N) is 2. The van der Waals surface area contributed by atoms with E-state index in [0.29, 0.717) is 12.5 Å². The molecule has 2 aromatic rings. The first-order valence-corrected chi connectivity index (χ1v) is 8.67. The van der Waals surface area contributed by atoms with Crippen LogP contribution in [0, 0.1) is 0 Å². The van der Waals surface area contributed by atoms with E-state index in [9.17, 15) is 0 Å². The molecule has 0 radical (unpaired) electrons. The maximum Gasteiger partial charge on any atom is 0.239 e. The highest BCUT2D eigenvalue weighted by atomic mass is 32.2. The van der Waals surface area contributed by atoms with Gasteiger partial charge in [-0.3, -0.25) is 0 Å². The maximum atomic E-state index is 5.71. The Morgan fingerprint density at radius 1 is 1.17 bits per heavy atom. The molecule has 126 valence electrons. The molecule has 0 fully saturated rings. The van der Waals surface area contributed by atoms with Crippen molar-refractivity contribution in [1.82, 2.24) is 10.1 Å². The van der Waals surface area contributed by atoms with Crippen LogP contribution in [0.5, 0.6) is 11.5 Å². The highest BCUT2D eigenvalue weighted by Gasteiger charge is 2.23. The van der Waals surface area contributed by atoms with Crippen molar-refractivity contribution in [3.8, 4) is 11.5 Å². The van der Waals surface area contributed by atoms with Crippen molar-refractivity contribution >= 4 is 11.8 Å². The lowest BCUT2D eigenvalue weighted by atomic mass is 9.96. The summed E-state index contributed by atoms with van der Waals surface area (Å²) in [7, 11) is 1.65. The lowest BCUT2D eigenvalue weighted by Gasteiger charge is -2.11. The number of hydrogen-bond donors (Lipinski definition) is 0. The van der Waals surface area contributed by atoms with E-state index >= 15 is 0 Å². The molecule has 0 saturated heterocycles. The molecular weight excluding hydrogens is 312 g/mol. The largest absolute Gasteiger partial charge is 0.497 e. The molecule has 0 N–H and O–H groups in total. The Labute approximate surface area is 141 Å². The van der Waals surface area contributed by atoms with Crippen LogP contribution >= 0.6 is 11.8 Å². The Kier molecular flexibility index (Phi) is 5.93. The lowest BCUT2D eigenvalue weighted by Crippen LogP contribution is -2.13. The van der Waals surface area contributed by atoms with Gasteiger partial charge < -0.3 is 14.0 Å². The maximum absolute atomic E-state index is 5.71. The highest BCUT2D eigenvalue weighted by molar-refractivity contribution is 7.99. The summed E-state index contributed by atoms with van der Waals surface area (Å²) in [6.45, 7) is 8.91. The summed E-state index contributed by atoms with van der Waals surface area (Å²) in [4.78, 5) is 4.48. The molecule has 1 atom stereocenters. The molecule has 1 unspecified atom stereocenters. The van der Waals surface area contributed by atoms with Crippen LogP contribution in [0.4, 0.5) is 0 Å². The Morgan fingerprint density at radius 3 is 2.39 bits per heavy atom.